The first-order chi connectivity index (χ1) is 16.3. The lowest BCUT2D eigenvalue weighted by atomic mass is 9.90. The third kappa shape index (κ3) is 6.16. The second-order valence-electron chi connectivity index (χ2n) is 9.12. The minimum atomic E-state index is -3.42. The Morgan fingerprint density at radius 2 is 1.88 bits per heavy atom. The van der Waals surface area contributed by atoms with Gasteiger partial charge in [-0.25, -0.2) is 13.4 Å². The average Bonchev–Trinajstić information content (AvgIpc) is 2.80. The van der Waals surface area contributed by atoms with Crippen LogP contribution >= 0.6 is 0 Å². The molecule has 0 unspecified atom stereocenters. The van der Waals surface area contributed by atoms with Gasteiger partial charge in [0.1, 0.15) is 5.82 Å². The molecule has 9 nitrogen and oxygen atoms in total. The Balaban J connectivity index is 1.68. The molecule has 1 amide bonds. The highest BCUT2D eigenvalue weighted by atomic mass is 32.2. The molecule has 0 aliphatic carbocycles. The van der Waals surface area contributed by atoms with Crippen LogP contribution < -0.4 is 20.3 Å². The molecule has 0 radical (unpaired) electrons. The highest BCUT2D eigenvalue weighted by Crippen LogP contribution is 2.32. The van der Waals surface area contributed by atoms with Crippen molar-refractivity contribution in [2.24, 2.45) is 5.92 Å². The molecule has 1 aromatic heterocycles. The summed E-state index contributed by atoms with van der Waals surface area (Å²) in [6, 6.07) is 6.84. The number of benzene rings is 1. The van der Waals surface area contributed by atoms with Crippen LogP contribution in [0, 0.1) is 12.8 Å². The third-order valence-corrected chi connectivity index (χ3v) is 7.83. The number of anilines is 4. The number of fused-ring (bicyclic) bond motifs is 8. The summed E-state index contributed by atoms with van der Waals surface area (Å²) in [6.45, 7) is 5.95. The fourth-order valence-corrected chi connectivity index (χ4v) is 5.22. The minimum absolute atomic E-state index is 0.0145. The topological polar surface area (TPSA) is 116 Å². The van der Waals surface area contributed by atoms with Gasteiger partial charge in [-0.05, 0) is 57.2 Å². The van der Waals surface area contributed by atoms with E-state index in [2.05, 4.69) is 30.2 Å². The van der Waals surface area contributed by atoms with Crippen molar-refractivity contribution in [1.82, 2.24) is 9.97 Å². The lowest BCUT2D eigenvalue weighted by molar-refractivity contribution is 0.102. The number of rotatable bonds is 3. The van der Waals surface area contributed by atoms with Gasteiger partial charge in [0.2, 0.25) is 16.0 Å². The number of aromatic nitrogens is 2. The van der Waals surface area contributed by atoms with Crippen molar-refractivity contribution in [3.05, 3.63) is 35.5 Å². The van der Waals surface area contributed by atoms with Crippen LogP contribution in [0.2, 0.25) is 0 Å². The fraction of sp³-hybridized carbons (Fsp3) is 0.542. The zero-order valence-corrected chi connectivity index (χ0v) is 20.7. The second kappa shape index (κ2) is 10.6. The number of hydrogen-bond donors (Lipinski definition) is 3. The van der Waals surface area contributed by atoms with Gasteiger partial charge >= 0.3 is 0 Å². The van der Waals surface area contributed by atoms with Crippen molar-refractivity contribution in [2.75, 3.05) is 45.6 Å². The highest BCUT2D eigenvalue weighted by Gasteiger charge is 2.24. The Hall–Kier alpha value is -2.88. The van der Waals surface area contributed by atoms with E-state index in [0.29, 0.717) is 28.9 Å². The number of carbonyl (C=O) groups is 1. The molecule has 4 bridgehead atoms. The molecular weight excluding hydrogens is 452 g/mol. The Morgan fingerprint density at radius 1 is 1.09 bits per heavy atom. The van der Waals surface area contributed by atoms with Crippen molar-refractivity contribution in [3.8, 4) is 0 Å². The molecule has 2 aromatic rings. The van der Waals surface area contributed by atoms with Crippen LogP contribution in [0.25, 0.3) is 0 Å². The first kappa shape index (κ1) is 24.3. The van der Waals surface area contributed by atoms with Gasteiger partial charge in [-0.1, -0.05) is 19.3 Å². The Morgan fingerprint density at radius 3 is 2.65 bits per heavy atom. The van der Waals surface area contributed by atoms with E-state index in [0.717, 1.165) is 56.7 Å². The van der Waals surface area contributed by atoms with E-state index in [9.17, 15) is 13.2 Å². The van der Waals surface area contributed by atoms with Gasteiger partial charge in [0, 0.05) is 31.4 Å². The van der Waals surface area contributed by atoms with Crippen molar-refractivity contribution < 1.29 is 13.2 Å². The summed E-state index contributed by atoms with van der Waals surface area (Å²) in [7, 11) is -3.42. The molecule has 0 spiro atoms. The van der Waals surface area contributed by atoms with Crippen molar-refractivity contribution in [1.29, 1.82) is 0 Å². The molecule has 3 aliphatic heterocycles. The van der Waals surface area contributed by atoms with E-state index < -0.39 is 10.0 Å². The smallest absolute Gasteiger partial charge is 0.258 e. The summed E-state index contributed by atoms with van der Waals surface area (Å²) in [4.78, 5) is 24.4. The van der Waals surface area contributed by atoms with Crippen LogP contribution in [0.5, 0.6) is 0 Å². The molecule has 34 heavy (non-hydrogen) atoms. The molecule has 3 aliphatic rings. The number of hydrogen-bond acceptors (Lipinski definition) is 7. The Bertz CT molecular complexity index is 1130. The van der Waals surface area contributed by atoms with Crippen molar-refractivity contribution >= 4 is 39.1 Å². The van der Waals surface area contributed by atoms with E-state index in [1.54, 1.807) is 31.2 Å². The zero-order chi connectivity index (χ0) is 24.1. The molecule has 1 aromatic carbocycles. The number of piperidine rings is 1. The van der Waals surface area contributed by atoms with Gasteiger partial charge in [0.15, 0.2) is 0 Å². The molecule has 0 atom stereocenters. The van der Waals surface area contributed by atoms with Crippen LogP contribution in [0.4, 0.5) is 23.1 Å². The van der Waals surface area contributed by atoms with E-state index >= 15 is 0 Å². The summed E-state index contributed by atoms with van der Waals surface area (Å²) >= 11 is 0. The molecule has 184 valence electrons. The molecule has 4 heterocycles. The molecular formula is C24H34N6O3S. The zero-order valence-electron chi connectivity index (χ0n) is 19.9. The standard InChI is InChI=1S/C24H34N6O3S/c1-3-34(32,33)29-19-8-9-20-21(16-19)30-13-10-18(11-14-30)7-5-4-6-12-25-24-26-17(2)15-22(28-24)27-23(20)31/h8-9,15-16,18,29H,3-7,10-14H2,1-2H3,(H2,25,26,27,28,31). The Kier molecular flexibility index (Phi) is 7.55. The number of nitrogens with zero attached hydrogens (tertiary/aromatic N) is 3. The summed E-state index contributed by atoms with van der Waals surface area (Å²) in [5.41, 5.74) is 2.46. The van der Waals surface area contributed by atoms with Crippen LogP contribution in [-0.2, 0) is 10.0 Å². The van der Waals surface area contributed by atoms with Crippen LogP contribution in [0.1, 0.15) is 61.5 Å². The van der Waals surface area contributed by atoms with Gasteiger partial charge in [0.25, 0.3) is 5.91 Å². The predicted molar refractivity (Wildman–Crippen MR) is 136 cm³/mol. The summed E-state index contributed by atoms with van der Waals surface area (Å²) < 4.78 is 26.9. The first-order valence-electron chi connectivity index (χ1n) is 12.1. The maximum atomic E-state index is 13.3. The molecule has 0 saturated carbocycles. The molecule has 10 heteroatoms. The van der Waals surface area contributed by atoms with E-state index in [1.165, 1.54) is 12.8 Å². The van der Waals surface area contributed by atoms with Crippen LogP contribution in [0.15, 0.2) is 24.3 Å². The molecule has 1 saturated heterocycles. The maximum absolute atomic E-state index is 13.3. The van der Waals surface area contributed by atoms with Crippen molar-refractivity contribution in [2.45, 2.75) is 52.4 Å². The first-order valence-corrected chi connectivity index (χ1v) is 13.8. The fourth-order valence-electron chi connectivity index (χ4n) is 4.59. The van der Waals surface area contributed by atoms with Gasteiger partial charge < -0.3 is 15.5 Å². The second-order valence-corrected chi connectivity index (χ2v) is 11.1. The SMILES string of the molecule is CCS(=O)(=O)Nc1ccc2c(c1)N1CCC(CCCCCNc3nc(C)cc(n3)NC2=O)CC1. The summed E-state index contributed by atoms with van der Waals surface area (Å²) in [5, 5.41) is 6.19. The van der Waals surface area contributed by atoms with Gasteiger partial charge in [-0.3, -0.25) is 9.52 Å². The normalized spacial score (nSPS) is 17.9. The van der Waals surface area contributed by atoms with Gasteiger partial charge in [-0.2, -0.15) is 4.98 Å². The molecule has 3 N–H and O–H groups in total. The van der Waals surface area contributed by atoms with Crippen molar-refractivity contribution in [3.63, 3.8) is 0 Å². The molecule has 5 rings (SSSR count). The maximum Gasteiger partial charge on any atom is 0.258 e. The van der Waals surface area contributed by atoms with Gasteiger partial charge in [0.05, 0.1) is 22.7 Å². The van der Waals surface area contributed by atoms with E-state index in [4.69, 9.17) is 0 Å². The lowest BCUT2D eigenvalue weighted by Gasteiger charge is -2.35. The number of aryl methyl sites for hydroxylation is 1. The highest BCUT2D eigenvalue weighted by molar-refractivity contribution is 7.92. The summed E-state index contributed by atoms with van der Waals surface area (Å²) in [5.74, 6) is 1.33. The number of amides is 1. The minimum Gasteiger partial charge on any atom is -0.371 e. The quantitative estimate of drug-likeness (QED) is 0.600. The van der Waals surface area contributed by atoms with Gasteiger partial charge in [-0.15, -0.1) is 0 Å². The van der Waals surface area contributed by atoms with E-state index in [1.807, 2.05) is 6.92 Å². The number of nitrogens with one attached hydrogen (secondary N) is 3. The molecule has 1 fully saturated rings. The largest absolute Gasteiger partial charge is 0.371 e. The van der Waals surface area contributed by atoms with E-state index in [-0.39, 0.29) is 11.7 Å². The third-order valence-electron chi connectivity index (χ3n) is 6.52. The Labute approximate surface area is 201 Å². The summed E-state index contributed by atoms with van der Waals surface area (Å²) in [6.07, 6.45) is 6.76. The van der Waals surface area contributed by atoms with Crippen LogP contribution in [-0.4, -0.2) is 49.7 Å². The number of sulfonamides is 1. The van der Waals surface area contributed by atoms with Crippen LogP contribution in [0.3, 0.4) is 0 Å². The average molecular weight is 487 g/mol. The lowest BCUT2D eigenvalue weighted by Crippen LogP contribution is -2.35. The number of carbonyl (C=O) groups excluding carboxylic acids is 1. The predicted octanol–water partition coefficient (Wildman–Crippen LogP) is 4.00. The monoisotopic (exact) mass is 486 g/mol.